The number of carbonyl (C=O) groups excluding carboxylic acids is 1. The Morgan fingerprint density at radius 1 is 0.980 bits per heavy atom. The highest BCUT2D eigenvalue weighted by Crippen LogP contribution is 2.39. The molecule has 1 aromatic heterocycles. The Morgan fingerprint density at radius 2 is 1.59 bits per heavy atom. The Morgan fingerprint density at radius 3 is 2.14 bits per heavy atom. The number of piperidine rings is 4. The molecule has 2 bridgehead atoms. The Bertz CT molecular complexity index is 1630. The molecule has 1 N–H and O–H groups in total. The van der Waals surface area contributed by atoms with E-state index in [1.807, 2.05) is 4.90 Å². The van der Waals surface area contributed by atoms with Crippen LogP contribution in [0.25, 0.3) is 0 Å². The number of amides is 1. The van der Waals surface area contributed by atoms with Crippen LogP contribution < -0.4 is 4.74 Å². The SMILES string of the molecule is COc1cc(C)c(S(=O)(=O)N(Cc2nc(C(=O)N3CC4CCN(C5CN6CCC5CC6)CC4C3)co2)C2CC2)c(C)c1.O=C(O)C(F)(F)F. The molecule has 16 heteroatoms. The number of aryl methyl sites for hydroxylation is 2. The molecule has 6 fully saturated rings. The zero-order chi connectivity index (χ0) is 35.2. The summed E-state index contributed by atoms with van der Waals surface area (Å²) in [6, 6.07) is 4.07. The van der Waals surface area contributed by atoms with Crippen LogP contribution in [-0.2, 0) is 21.4 Å². The first kappa shape index (κ1) is 35.6. The fourth-order valence-corrected chi connectivity index (χ4v) is 10.2. The van der Waals surface area contributed by atoms with Gasteiger partial charge in [-0.3, -0.25) is 9.69 Å². The molecule has 6 heterocycles. The van der Waals surface area contributed by atoms with Crippen molar-refractivity contribution < 1.29 is 45.4 Å². The number of hydrogen-bond acceptors (Lipinski definition) is 9. The number of likely N-dealkylation sites (tertiary alicyclic amines) is 2. The van der Waals surface area contributed by atoms with Crippen LogP contribution in [0, 0.1) is 31.6 Å². The number of carbonyl (C=O) groups is 2. The predicted molar refractivity (Wildman–Crippen MR) is 170 cm³/mol. The number of aliphatic carboxylic acids is 1. The highest BCUT2D eigenvalue weighted by molar-refractivity contribution is 7.89. The Hall–Kier alpha value is -3.21. The maximum Gasteiger partial charge on any atom is 0.490 e. The number of halogens is 3. The molecule has 1 saturated carbocycles. The van der Waals surface area contributed by atoms with E-state index in [4.69, 9.17) is 19.1 Å². The van der Waals surface area contributed by atoms with E-state index in [1.54, 1.807) is 33.1 Å². The largest absolute Gasteiger partial charge is 0.497 e. The highest BCUT2D eigenvalue weighted by atomic mass is 32.2. The highest BCUT2D eigenvalue weighted by Gasteiger charge is 2.45. The third kappa shape index (κ3) is 7.61. The molecule has 270 valence electrons. The van der Waals surface area contributed by atoms with Gasteiger partial charge in [0.25, 0.3) is 5.91 Å². The van der Waals surface area contributed by atoms with E-state index < -0.39 is 22.2 Å². The number of alkyl halides is 3. The molecular formula is C33H44F3N5O7S. The van der Waals surface area contributed by atoms with Gasteiger partial charge in [-0.1, -0.05) is 0 Å². The first-order valence-electron chi connectivity index (χ1n) is 16.8. The summed E-state index contributed by atoms with van der Waals surface area (Å²) in [4.78, 5) is 34.5. The van der Waals surface area contributed by atoms with Gasteiger partial charge in [0, 0.05) is 38.3 Å². The molecule has 5 saturated heterocycles. The van der Waals surface area contributed by atoms with E-state index in [-0.39, 0.29) is 30.1 Å². The average molecular weight is 712 g/mol. The number of methoxy groups -OCH3 is 1. The minimum atomic E-state index is -5.08. The zero-order valence-electron chi connectivity index (χ0n) is 28.0. The predicted octanol–water partition coefficient (Wildman–Crippen LogP) is 3.77. The fourth-order valence-electron chi connectivity index (χ4n) is 8.11. The smallest absolute Gasteiger partial charge is 0.490 e. The van der Waals surface area contributed by atoms with Crippen LogP contribution in [0.1, 0.15) is 59.6 Å². The van der Waals surface area contributed by atoms with E-state index in [0.717, 1.165) is 51.4 Å². The van der Waals surface area contributed by atoms with Crippen LogP contribution in [0.4, 0.5) is 13.2 Å². The van der Waals surface area contributed by atoms with Gasteiger partial charge in [-0.15, -0.1) is 0 Å². The third-order valence-electron chi connectivity index (χ3n) is 10.7. The molecule has 12 nitrogen and oxygen atoms in total. The second-order valence-corrected chi connectivity index (χ2v) is 15.8. The maximum atomic E-state index is 13.9. The van der Waals surface area contributed by atoms with Crippen LogP contribution in [0.3, 0.4) is 0 Å². The lowest BCUT2D eigenvalue weighted by molar-refractivity contribution is -0.192. The first-order chi connectivity index (χ1) is 23.1. The van der Waals surface area contributed by atoms with Crippen molar-refractivity contribution in [3.05, 3.63) is 41.1 Å². The standard InChI is InChI=1S/C31H43N5O5S.C2HF3O2/c1-20-12-26(40-3)13-21(2)30(20)42(38,39)36(25-4-5-25)18-29-32-27(19-41-29)31(37)35-14-23-8-11-34(15-24(23)16-35)28-17-33-9-6-22(28)7-10-33;3-2(4,5)1(6)7/h12-13,19,22-25,28H,4-11,14-18H2,1-3H3;(H,6,7). The second kappa shape index (κ2) is 13.8. The summed E-state index contributed by atoms with van der Waals surface area (Å²) in [5.41, 5.74) is 1.55. The summed E-state index contributed by atoms with van der Waals surface area (Å²) in [6.45, 7) is 11.0. The number of rotatable bonds is 8. The third-order valence-corrected chi connectivity index (χ3v) is 12.9. The van der Waals surface area contributed by atoms with Gasteiger partial charge in [0.15, 0.2) is 5.69 Å². The summed E-state index contributed by atoms with van der Waals surface area (Å²) < 4.78 is 72.0. The van der Waals surface area contributed by atoms with Gasteiger partial charge < -0.3 is 24.1 Å². The van der Waals surface area contributed by atoms with E-state index in [1.165, 1.54) is 43.0 Å². The summed E-state index contributed by atoms with van der Waals surface area (Å²) in [6.07, 6.45) is 1.71. The molecule has 3 atom stereocenters. The van der Waals surface area contributed by atoms with Gasteiger partial charge in [0.1, 0.15) is 12.0 Å². The van der Waals surface area contributed by atoms with Gasteiger partial charge in [0.05, 0.1) is 18.6 Å². The molecule has 1 aliphatic carbocycles. The molecule has 6 aliphatic rings. The first-order valence-corrected chi connectivity index (χ1v) is 18.3. The van der Waals surface area contributed by atoms with Gasteiger partial charge in [-0.25, -0.2) is 18.2 Å². The molecule has 8 rings (SSSR count). The molecule has 2 aromatic rings. The van der Waals surface area contributed by atoms with Crippen molar-refractivity contribution in [2.45, 2.75) is 75.7 Å². The molecule has 0 radical (unpaired) electrons. The number of benzene rings is 1. The number of fused-ring (bicyclic) bond motifs is 4. The summed E-state index contributed by atoms with van der Waals surface area (Å²) in [7, 11) is -2.23. The number of aromatic nitrogens is 1. The van der Waals surface area contributed by atoms with Crippen molar-refractivity contribution in [3.63, 3.8) is 0 Å². The van der Waals surface area contributed by atoms with Crippen molar-refractivity contribution >= 4 is 21.9 Å². The lowest BCUT2D eigenvalue weighted by Gasteiger charge is -2.51. The van der Waals surface area contributed by atoms with Crippen LogP contribution in [-0.4, -0.2) is 121 Å². The van der Waals surface area contributed by atoms with Gasteiger partial charge in [-0.05, 0) is 107 Å². The van der Waals surface area contributed by atoms with Crippen LogP contribution in [0.2, 0.25) is 0 Å². The number of ether oxygens (including phenoxy) is 1. The Kier molecular flexibility index (Phi) is 10.1. The Labute approximate surface area is 284 Å². The minimum Gasteiger partial charge on any atom is -0.497 e. The van der Waals surface area contributed by atoms with Gasteiger partial charge in [-0.2, -0.15) is 17.5 Å². The van der Waals surface area contributed by atoms with E-state index in [9.17, 15) is 26.4 Å². The summed E-state index contributed by atoms with van der Waals surface area (Å²) in [5.74, 6) is -0.131. The van der Waals surface area contributed by atoms with E-state index in [0.29, 0.717) is 39.6 Å². The average Bonchev–Trinajstić information content (AvgIpc) is 3.62. The molecule has 1 aromatic carbocycles. The van der Waals surface area contributed by atoms with Crippen molar-refractivity contribution in [1.29, 1.82) is 0 Å². The number of hydrogen-bond donors (Lipinski definition) is 1. The molecule has 49 heavy (non-hydrogen) atoms. The fraction of sp³-hybridized carbons (Fsp3) is 0.667. The number of carboxylic acids is 1. The van der Waals surface area contributed by atoms with Crippen LogP contribution >= 0.6 is 0 Å². The van der Waals surface area contributed by atoms with Crippen LogP contribution in [0.5, 0.6) is 5.75 Å². The van der Waals surface area contributed by atoms with E-state index >= 15 is 0 Å². The monoisotopic (exact) mass is 711 g/mol. The molecule has 1 amide bonds. The lowest BCUT2D eigenvalue weighted by Crippen LogP contribution is -2.59. The maximum absolute atomic E-state index is 13.9. The minimum absolute atomic E-state index is 0.00493. The summed E-state index contributed by atoms with van der Waals surface area (Å²) >= 11 is 0. The number of oxazole rings is 1. The number of nitrogens with zero attached hydrogens (tertiary/aromatic N) is 5. The van der Waals surface area contributed by atoms with E-state index in [2.05, 4.69) is 14.8 Å². The Balaban J connectivity index is 0.000000540. The quantitative estimate of drug-likeness (QED) is 0.431. The van der Waals surface area contributed by atoms with Crippen molar-refractivity contribution in [1.82, 2.24) is 24.0 Å². The molecular weight excluding hydrogens is 667 g/mol. The number of carboxylic acid groups (broad SMARTS) is 1. The van der Waals surface area contributed by atoms with Crippen LogP contribution in [0.15, 0.2) is 27.7 Å². The van der Waals surface area contributed by atoms with Crippen molar-refractivity contribution in [3.8, 4) is 5.75 Å². The van der Waals surface area contributed by atoms with Gasteiger partial charge in [0.2, 0.25) is 15.9 Å². The molecule has 5 aliphatic heterocycles. The zero-order valence-corrected chi connectivity index (χ0v) is 28.8. The number of sulfonamides is 1. The molecule has 0 spiro atoms. The van der Waals surface area contributed by atoms with Crippen molar-refractivity contribution in [2.75, 3.05) is 52.9 Å². The molecule has 3 unspecified atom stereocenters. The second-order valence-electron chi connectivity index (χ2n) is 14.0. The normalized spacial score (nSPS) is 27.1. The summed E-state index contributed by atoms with van der Waals surface area (Å²) in [5, 5.41) is 7.12. The lowest BCUT2D eigenvalue weighted by atomic mass is 9.80. The van der Waals surface area contributed by atoms with Crippen molar-refractivity contribution in [2.24, 2.45) is 17.8 Å². The topological polar surface area (TPSA) is 137 Å². The van der Waals surface area contributed by atoms with Gasteiger partial charge >= 0.3 is 12.1 Å².